The van der Waals surface area contributed by atoms with Crippen molar-refractivity contribution in [1.82, 2.24) is 4.90 Å². The predicted molar refractivity (Wildman–Crippen MR) is 125 cm³/mol. The van der Waals surface area contributed by atoms with Gasteiger partial charge in [-0.25, -0.2) is 0 Å². The van der Waals surface area contributed by atoms with Crippen molar-refractivity contribution in [3.63, 3.8) is 0 Å². The second-order valence-corrected chi connectivity index (χ2v) is 12.7. The molecule has 1 saturated heterocycles. The molecular formula is C26H53NO. The number of ether oxygens (including phenoxy) is 1. The summed E-state index contributed by atoms with van der Waals surface area (Å²) >= 11 is 0. The van der Waals surface area contributed by atoms with E-state index in [0.29, 0.717) is 5.54 Å². The van der Waals surface area contributed by atoms with Crippen molar-refractivity contribution in [2.24, 2.45) is 16.7 Å². The second-order valence-electron chi connectivity index (χ2n) is 12.7. The molecule has 1 fully saturated rings. The van der Waals surface area contributed by atoms with Gasteiger partial charge in [0, 0.05) is 12.1 Å². The lowest BCUT2D eigenvalue weighted by Gasteiger charge is -2.46. The molecule has 2 nitrogen and oxygen atoms in total. The van der Waals surface area contributed by atoms with Gasteiger partial charge >= 0.3 is 0 Å². The zero-order chi connectivity index (χ0) is 22.0. The molecule has 28 heavy (non-hydrogen) atoms. The van der Waals surface area contributed by atoms with Crippen molar-refractivity contribution >= 4 is 0 Å². The second kappa shape index (κ2) is 8.96. The lowest BCUT2D eigenvalue weighted by Crippen LogP contribution is -2.46. The van der Waals surface area contributed by atoms with E-state index in [9.17, 15) is 0 Å². The Kier molecular flexibility index (Phi) is 8.31. The van der Waals surface area contributed by atoms with Crippen molar-refractivity contribution in [1.29, 1.82) is 0 Å². The van der Waals surface area contributed by atoms with Crippen molar-refractivity contribution in [2.45, 2.75) is 138 Å². The van der Waals surface area contributed by atoms with Crippen LogP contribution in [0.4, 0.5) is 0 Å². The Balaban J connectivity index is 2.84. The number of rotatable bonds is 10. The molecule has 2 heteroatoms. The van der Waals surface area contributed by atoms with Gasteiger partial charge in [0.05, 0.1) is 11.2 Å². The van der Waals surface area contributed by atoms with E-state index >= 15 is 0 Å². The molecule has 0 saturated carbocycles. The maximum absolute atomic E-state index is 6.87. The first kappa shape index (κ1) is 26.0. The van der Waals surface area contributed by atoms with E-state index in [4.69, 9.17) is 4.74 Å². The third kappa shape index (κ3) is 7.01. The van der Waals surface area contributed by atoms with E-state index in [1.165, 1.54) is 32.4 Å². The lowest BCUT2D eigenvalue weighted by molar-refractivity contribution is -0.163. The van der Waals surface area contributed by atoms with Crippen LogP contribution in [0.25, 0.3) is 0 Å². The molecule has 168 valence electrons. The minimum absolute atomic E-state index is 0.0530. The first-order chi connectivity index (χ1) is 12.5. The van der Waals surface area contributed by atoms with E-state index in [1.807, 2.05) is 0 Å². The van der Waals surface area contributed by atoms with Crippen LogP contribution in [-0.4, -0.2) is 34.7 Å². The first-order valence-electron chi connectivity index (χ1n) is 12.0. The number of likely N-dealkylation sites (tertiary alicyclic amines) is 1. The van der Waals surface area contributed by atoms with Crippen molar-refractivity contribution in [2.75, 3.05) is 13.1 Å². The standard InChI is InChI=1S/C26H53NO/c1-13-25(11,14-2)27-17-16-21(18-27)23(7,8)20-24(9,10)28-26(12,15-3)19-22(4,5)6/h21H,13-20H2,1-12H3. The molecular weight excluding hydrogens is 342 g/mol. The summed E-state index contributed by atoms with van der Waals surface area (Å²) in [7, 11) is 0. The number of nitrogens with zero attached hydrogens (tertiary/aromatic N) is 1. The van der Waals surface area contributed by atoms with Gasteiger partial charge in [-0.15, -0.1) is 0 Å². The highest BCUT2D eigenvalue weighted by atomic mass is 16.5. The highest BCUT2D eigenvalue weighted by Crippen LogP contribution is 2.45. The molecule has 0 N–H and O–H groups in total. The summed E-state index contributed by atoms with van der Waals surface area (Å²) in [4.78, 5) is 2.77. The van der Waals surface area contributed by atoms with E-state index < -0.39 is 0 Å². The van der Waals surface area contributed by atoms with Crippen LogP contribution in [0.2, 0.25) is 0 Å². The average Bonchev–Trinajstić information content (AvgIpc) is 3.02. The monoisotopic (exact) mass is 395 g/mol. The largest absolute Gasteiger partial charge is 0.369 e. The van der Waals surface area contributed by atoms with Crippen molar-refractivity contribution in [3.05, 3.63) is 0 Å². The van der Waals surface area contributed by atoms with E-state index in [0.717, 1.165) is 25.2 Å². The molecule has 0 radical (unpaired) electrons. The summed E-state index contributed by atoms with van der Waals surface area (Å²) in [5.41, 5.74) is 0.780. The maximum atomic E-state index is 6.87. The SMILES string of the molecule is CCC(C)(CC(C)(C)C)OC(C)(C)CC(C)(C)C1CCN(C(C)(CC)CC)C1. The van der Waals surface area contributed by atoms with Gasteiger partial charge in [-0.3, -0.25) is 4.90 Å². The Labute approximate surface area is 178 Å². The maximum Gasteiger partial charge on any atom is 0.0664 e. The number of hydrogen-bond donors (Lipinski definition) is 0. The van der Waals surface area contributed by atoms with Crippen LogP contribution in [0.1, 0.15) is 122 Å². The molecule has 0 amide bonds. The van der Waals surface area contributed by atoms with Gasteiger partial charge in [-0.1, -0.05) is 55.4 Å². The Morgan fingerprint density at radius 1 is 0.786 bits per heavy atom. The van der Waals surface area contributed by atoms with Crippen molar-refractivity contribution in [3.8, 4) is 0 Å². The smallest absolute Gasteiger partial charge is 0.0664 e. The summed E-state index contributed by atoms with van der Waals surface area (Å²) in [6.45, 7) is 30.8. The Bertz CT molecular complexity index is 483. The summed E-state index contributed by atoms with van der Waals surface area (Å²) in [6, 6.07) is 0. The molecule has 1 heterocycles. The molecule has 2 atom stereocenters. The van der Waals surface area contributed by atoms with Gasteiger partial charge in [0.1, 0.15) is 0 Å². The molecule has 0 aromatic carbocycles. The predicted octanol–water partition coefficient (Wildman–Crippen LogP) is 7.70. The van der Waals surface area contributed by atoms with Gasteiger partial charge in [-0.05, 0) is 89.5 Å². The first-order valence-corrected chi connectivity index (χ1v) is 12.0. The molecule has 2 unspecified atom stereocenters. The fourth-order valence-corrected chi connectivity index (χ4v) is 5.89. The van der Waals surface area contributed by atoms with Crippen LogP contribution in [0.3, 0.4) is 0 Å². The minimum atomic E-state index is -0.105. The molecule has 0 aliphatic carbocycles. The molecule has 1 aliphatic heterocycles. The zero-order valence-corrected chi connectivity index (χ0v) is 21.6. The van der Waals surface area contributed by atoms with E-state index in [2.05, 4.69) is 88.0 Å². The van der Waals surface area contributed by atoms with Gasteiger partial charge in [-0.2, -0.15) is 0 Å². The Morgan fingerprint density at radius 3 is 1.75 bits per heavy atom. The van der Waals surface area contributed by atoms with E-state index in [1.54, 1.807) is 0 Å². The molecule has 0 spiro atoms. The summed E-state index contributed by atoms with van der Waals surface area (Å²) in [5.74, 6) is 0.753. The normalized spacial score (nSPS) is 22.5. The van der Waals surface area contributed by atoms with E-state index in [-0.39, 0.29) is 22.0 Å². The minimum Gasteiger partial charge on any atom is -0.369 e. The highest BCUT2D eigenvalue weighted by Gasteiger charge is 2.44. The van der Waals surface area contributed by atoms with Crippen LogP contribution in [-0.2, 0) is 4.74 Å². The molecule has 1 rings (SSSR count). The van der Waals surface area contributed by atoms with Crippen LogP contribution in [0.15, 0.2) is 0 Å². The van der Waals surface area contributed by atoms with Crippen LogP contribution < -0.4 is 0 Å². The molecule has 1 aliphatic rings. The zero-order valence-electron chi connectivity index (χ0n) is 21.6. The fourth-order valence-electron chi connectivity index (χ4n) is 5.89. The molecule has 0 bridgehead atoms. The van der Waals surface area contributed by atoms with Crippen LogP contribution in [0.5, 0.6) is 0 Å². The lowest BCUT2D eigenvalue weighted by atomic mass is 9.71. The summed E-state index contributed by atoms with van der Waals surface area (Å²) < 4.78 is 6.87. The van der Waals surface area contributed by atoms with Crippen molar-refractivity contribution < 1.29 is 4.74 Å². The topological polar surface area (TPSA) is 12.5 Å². The Morgan fingerprint density at radius 2 is 1.32 bits per heavy atom. The van der Waals surface area contributed by atoms with Gasteiger partial charge in [0.25, 0.3) is 0 Å². The molecule has 0 aromatic heterocycles. The fraction of sp³-hybridized carbons (Fsp3) is 1.00. The Hall–Kier alpha value is -0.0800. The van der Waals surface area contributed by atoms with Crippen LogP contribution >= 0.6 is 0 Å². The third-order valence-corrected chi connectivity index (χ3v) is 7.64. The summed E-state index contributed by atoms with van der Waals surface area (Å²) in [6.07, 6.45) is 7.10. The van der Waals surface area contributed by atoms with Gasteiger partial charge in [0.2, 0.25) is 0 Å². The van der Waals surface area contributed by atoms with Crippen LogP contribution in [0, 0.1) is 16.7 Å². The quantitative estimate of drug-likeness (QED) is 0.375. The third-order valence-electron chi connectivity index (χ3n) is 7.64. The highest BCUT2D eigenvalue weighted by molar-refractivity contribution is 4.96. The van der Waals surface area contributed by atoms with Gasteiger partial charge in [0.15, 0.2) is 0 Å². The van der Waals surface area contributed by atoms with Gasteiger partial charge < -0.3 is 4.74 Å². The number of hydrogen-bond acceptors (Lipinski definition) is 2. The molecule has 0 aromatic rings. The summed E-state index contributed by atoms with van der Waals surface area (Å²) in [5, 5.41) is 0. The average molecular weight is 396 g/mol.